The molecule has 10 heteroatoms. The van der Waals surface area contributed by atoms with E-state index in [0.29, 0.717) is 31.4 Å². The number of alkyl carbamates (subject to hydrolysis) is 1. The third-order valence-corrected chi connectivity index (χ3v) is 4.33. The number of non-ortho nitro benzene ring substituents is 1. The van der Waals surface area contributed by atoms with Gasteiger partial charge in [0.1, 0.15) is 12.7 Å². The van der Waals surface area contributed by atoms with Gasteiger partial charge in [0.05, 0.1) is 11.0 Å². The van der Waals surface area contributed by atoms with Gasteiger partial charge in [-0.1, -0.05) is 0 Å². The summed E-state index contributed by atoms with van der Waals surface area (Å²) >= 11 is 0. The first-order chi connectivity index (χ1) is 13.3. The molecule has 0 aromatic heterocycles. The maximum atomic E-state index is 11.8. The third kappa shape index (κ3) is 7.49. The number of ether oxygens (including phenoxy) is 2. The van der Waals surface area contributed by atoms with Crippen LogP contribution in [0, 0.1) is 10.1 Å². The van der Waals surface area contributed by atoms with Crippen molar-refractivity contribution in [3.05, 3.63) is 39.9 Å². The van der Waals surface area contributed by atoms with Gasteiger partial charge in [0, 0.05) is 44.6 Å². The van der Waals surface area contributed by atoms with Crippen molar-refractivity contribution in [1.29, 1.82) is 0 Å². The highest BCUT2D eigenvalue weighted by atomic mass is 16.6. The molecule has 0 unspecified atom stereocenters. The fraction of sp³-hybridized carbons (Fsp3) is 0.556. The Hall–Kier alpha value is -2.72. The fourth-order valence-electron chi connectivity index (χ4n) is 3.00. The molecule has 1 aliphatic heterocycles. The molecule has 10 nitrogen and oxygen atoms in total. The van der Waals surface area contributed by atoms with E-state index in [0.717, 1.165) is 0 Å². The van der Waals surface area contributed by atoms with Gasteiger partial charge in [0.25, 0.3) is 5.69 Å². The number of aliphatic hydroxyl groups excluding tert-OH is 1. The molecule has 1 aromatic rings. The lowest BCUT2D eigenvalue weighted by molar-refractivity contribution is -0.384. The van der Waals surface area contributed by atoms with Crippen molar-refractivity contribution in [1.82, 2.24) is 10.6 Å². The first-order valence-corrected chi connectivity index (χ1v) is 9.06. The van der Waals surface area contributed by atoms with Crippen molar-refractivity contribution < 1.29 is 29.1 Å². The molecule has 28 heavy (non-hydrogen) atoms. The first kappa shape index (κ1) is 21.6. The van der Waals surface area contributed by atoms with E-state index in [-0.39, 0.29) is 31.0 Å². The summed E-state index contributed by atoms with van der Waals surface area (Å²) in [6.45, 7) is 2.09. The number of nitrogens with one attached hydrogen (secondary N) is 2. The molecule has 0 bridgehead atoms. The van der Waals surface area contributed by atoms with Crippen LogP contribution in [0.25, 0.3) is 0 Å². The molecule has 2 rings (SSSR count). The van der Waals surface area contributed by atoms with Crippen molar-refractivity contribution >= 4 is 17.7 Å². The smallest absolute Gasteiger partial charge is 0.407 e. The highest BCUT2D eigenvalue weighted by molar-refractivity contribution is 5.67. The molecular formula is C18H25N3O7. The second-order valence-corrected chi connectivity index (χ2v) is 6.68. The van der Waals surface area contributed by atoms with Crippen LogP contribution in [0.5, 0.6) is 0 Å². The summed E-state index contributed by atoms with van der Waals surface area (Å²) < 4.78 is 10.3. The molecule has 0 saturated carbocycles. The number of amides is 1. The Morgan fingerprint density at radius 1 is 1.39 bits per heavy atom. The topological polar surface area (TPSA) is 140 Å². The molecule has 1 saturated heterocycles. The van der Waals surface area contributed by atoms with Gasteiger partial charge in [0.15, 0.2) is 0 Å². The molecule has 1 amide bonds. The van der Waals surface area contributed by atoms with Gasteiger partial charge in [-0.15, -0.1) is 0 Å². The largest absolute Gasteiger partial charge is 0.462 e. The molecule has 0 radical (unpaired) electrons. The van der Waals surface area contributed by atoms with E-state index in [4.69, 9.17) is 9.47 Å². The predicted octanol–water partition coefficient (Wildman–Crippen LogP) is 1.26. The molecule has 1 aliphatic rings. The predicted molar refractivity (Wildman–Crippen MR) is 98.5 cm³/mol. The van der Waals surface area contributed by atoms with Crippen LogP contribution in [-0.2, 0) is 20.9 Å². The van der Waals surface area contributed by atoms with Crippen LogP contribution in [0.4, 0.5) is 10.5 Å². The van der Waals surface area contributed by atoms with Crippen LogP contribution in [0.1, 0.15) is 31.7 Å². The van der Waals surface area contributed by atoms with Crippen LogP contribution in [-0.4, -0.2) is 53.4 Å². The molecule has 154 valence electrons. The second-order valence-electron chi connectivity index (χ2n) is 6.68. The number of nitrogens with zero attached hydrogens (tertiary/aromatic N) is 1. The van der Waals surface area contributed by atoms with Crippen molar-refractivity contribution in [2.75, 3.05) is 13.1 Å². The quantitative estimate of drug-likeness (QED) is 0.322. The number of carbonyl (C=O) groups is 2. The summed E-state index contributed by atoms with van der Waals surface area (Å²) in [7, 11) is 0. The van der Waals surface area contributed by atoms with Crippen molar-refractivity contribution in [2.24, 2.45) is 0 Å². The normalized spacial score (nSPS) is 19.6. The summed E-state index contributed by atoms with van der Waals surface area (Å²) in [4.78, 5) is 33.2. The fourth-order valence-corrected chi connectivity index (χ4v) is 3.00. The lowest BCUT2D eigenvalue weighted by Crippen LogP contribution is -2.33. The minimum atomic E-state index is -0.630. The maximum Gasteiger partial charge on any atom is 0.407 e. The van der Waals surface area contributed by atoms with Crippen molar-refractivity contribution in [2.45, 2.75) is 51.0 Å². The Morgan fingerprint density at radius 3 is 2.68 bits per heavy atom. The number of hydrogen-bond acceptors (Lipinski definition) is 8. The summed E-state index contributed by atoms with van der Waals surface area (Å²) in [5, 5.41) is 25.9. The second kappa shape index (κ2) is 10.6. The standard InChI is InChI=1S/C18H25N3O7/c1-12(22)28-17(9-14-8-16(23)10-20-14)6-7-19-18(24)27-11-13-2-4-15(5-3-13)21(25)26/h2-5,14,16-17,20,23H,6-11H2,1H3,(H,19,24)/t14-,16+,17-/m0/s1. The van der Waals surface area contributed by atoms with Gasteiger partial charge in [-0.3, -0.25) is 14.9 Å². The van der Waals surface area contributed by atoms with E-state index in [1.54, 1.807) is 0 Å². The van der Waals surface area contributed by atoms with E-state index in [2.05, 4.69) is 10.6 Å². The zero-order chi connectivity index (χ0) is 20.5. The minimum Gasteiger partial charge on any atom is -0.462 e. The van der Waals surface area contributed by atoms with E-state index in [9.17, 15) is 24.8 Å². The first-order valence-electron chi connectivity index (χ1n) is 9.06. The van der Waals surface area contributed by atoms with Gasteiger partial charge in [-0.05, 0) is 30.5 Å². The number of benzene rings is 1. The van der Waals surface area contributed by atoms with Crippen LogP contribution < -0.4 is 10.6 Å². The molecular weight excluding hydrogens is 370 g/mol. The van der Waals surface area contributed by atoms with Gasteiger partial charge < -0.3 is 25.2 Å². The molecule has 0 aliphatic carbocycles. The Labute approximate surface area is 162 Å². The summed E-state index contributed by atoms with van der Waals surface area (Å²) in [5.41, 5.74) is 0.596. The van der Waals surface area contributed by atoms with Gasteiger partial charge in [0.2, 0.25) is 0 Å². The van der Waals surface area contributed by atoms with Crippen molar-refractivity contribution in [3.8, 4) is 0 Å². The highest BCUT2D eigenvalue weighted by Gasteiger charge is 2.26. The van der Waals surface area contributed by atoms with Crippen molar-refractivity contribution in [3.63, 3.8) is 0 Å². The van der Waals surface area contributed by atoms with E-state index in [1.165, 1.54) is 31.2 Å². The number of rotatable bonds is 9. The Kier molecular flexibility index (Phi) is 8.15. The van der Waals surface area contributed by atoms with Gasteiger partial charge in [-0.2, -0.15) is 0 Å². The van der Waals surface area contributed by atoms with Gasteiger partial charge in [-0.25, -0.2) is 4.79 Å². The number of esters is 1. The maximum absolute atomic E-state index is 11.8. The number of nitro groups is 1. The Balaban J connectivity index is 1.70. The monoisotopic (exact) mass is 395 g/mol. The number of aliphatic hydroxyl groups is 1. The van der Waals surface area contributed by atoms with E-state index in [1.807, 2.05) is 0 Å². The molecule has 3 N–H and O–H groups in total. The summed E-state index contributed by atoms with van der Waals surface area (Å²) in [6.07, 6.45) is 0.166. The zero-order valence-corrected chi connectivity index (χ0v) is 15.6. The van der Waals surface area contributed by atoms with E-state index < -0.39 is 23.1 Å². The number of β-amino-alcohol motifs (C(OH)–C–C–N with tert-alkyl or cyclic N) is 1. The lowest BCUT2D eigenvalue weighted by Gasteiger charge is -2.20. The average molecular weight is 395 g/mol. The van der Waals surface area contributed by atoms with Crippen LogP contribution in [0.3, 0.4) is 0 Å². The minimum absolute atomic E-state index is 0.0128. The molecule has 1 heterocycles. The van der Waals surface area contributed by atoms with Crippen LogP contribution in [0.2, 0.25) is 0 Å². The third-order valence-electron chi connectivity index (χ3n) is 4.33. The summed E-state index contributed by atoms with van der Waals surface area (Å²) in [5.74, 6) is -0.399. The SMILES string of the molecule is CC(=O)O[C@@H](CCNC(=O)OCc1ccc([N+](=O)[O-])cc1)C[C@@H]1C[C@@H](O)CN1. The number of carbonyl (C=O) groups excluding carboxylic acids is 2. The van der Waals surface area contributed by atoms with Crippen LogP contribution >= 0.6 is 0 Å². The average Bonchev–Trinajstić information content (AvgIpc) is 3.04. The lowest BCUT2D eigenvalue weighted by atomic mass is 10.0. The Morgan fingerprint density at radius 2 is 2.11 bits per heavy atom. The molecule has 1 aromatic carbocycles. The highest BCUT2D eigenvalue weighted by Crippen LogP contribution is 2.16. The Bertz CT molecular complexity index is 680. The zero-order valence-electron chi connectivity index (χ0n) is 15.6. The number of nitro benzene ring substituents is 1. The molecule has 0 spiro atoms. The van der Waals surface area contributed by atoms with Gasteiger partial charge >= 0.3 is 12.1 Å². The van der Waals surface area contributed by atoms with E-state index >= 15 is 0 Å². The van der Waals surface area contributed by atoms with Crippen LogP contribution in [0.15, 0.2) is 24.3 Å². The molecule has 1 fully saturated rings. The number of hydrogen-bond donors (Lipinski definition) is 3. The molecule has 3 atom stereocenters. The summed E-state index contributed by atoms with van der Waals surface area (Å²) in [6, 6.07) is 5.78.